The number of hydrogen-bond donors (Lipinski definition) is 2. The third kappa shape index (κ3) is 6.64. The van der Waals surface area contributed by atoms with Gasteiger partial charge in [-0.05, 0) is 32.4 Å². The highest BCUT2D eigenvalue weighted by Crippen LogP contribution is 2.18. The van der Waals surface area contributed by atoms with Crippen LogP contribution in [0.3, 0.4) is 0 Å². The molecule has 2 N–H and O–H groups in total. The van der Waals surface area contributed by atoms with Gasteiger partial charge >= 0.3 is 0 Å². The summed E-state index contributed by atoms with van der Waals surface area (Å²) < 4.78 is 25.9. The molecule has 0 saturated carbocycles. The SMILES string of the molecule is CN=C(NCc1ccccc1S(=O)(=O)N(C)C)NC(C)(C)C.I. The lowest BCUT2D eigenvalue weighted by molar-refractivity contribution is 0.500. The fourth-order valence-corrected chi connectivity index (χ4v) is 2.93. The lowest BCUT2D eigenvalue weighted by Gasteiger charge is -2.24. The minimum atomic E-state index is -3.46. The molecule has 0 atom stereocenters. The number of halogens is 1. The Morgan fingerprint density at radius 2 is 1.78 bits per heavy atom. The number of guanidine groups is 1. The van der Waals surface area contributed by atoms with Crippen molar-refractivity contribution < 1.29 is 8.42 Å². The van der Waals surface area contributed by atoms with Crippen LogP contribution in [0.2, 0.25) is 0 Å². The summed E-state index contributed by atoms with van der Waals surface area (Å²) in [5.74, 6) is 0.629. The molecule has 0 saturated heterocycles. The molecule has 0 aliphatic heterocycles. The van der Waals surface area contributed by atoms with Gasteiger partial charge in [0.1, 0.15) is 0 Å². The van der Waals surface area contributed by atoms with Crippen molar-refractivity contribution in [3.63, 3.8) is 0 Å². The zero-order chi connectivity index (χ0) is 17.0. The van der Waals surface area contributed by atoms with Crippen LogP contribution in [-0.2, 0) is 16.6 Å². The number of rotatable bonds is 4. The molecule has 0 amide bonds. The number of hydrogen-bond acceptors (Lipinski definition) is 3. The summed E-state index contributed by atoms with van der Waals surface area (Å²) in [6, 6.07) is 6.97. The molecular formula is C15H27IN4O2S. The van der Waals surface area contributed by atoms with Crippen LogP contribution in [0.25, 0.3) is 0 Å². The largest absolute Gasteiger partial charge is 0.352 e. The molecule has 0 radical (unpaired) electrons. The van der Waals surface area contributed by atoms with E-state index >= 15 is 0 Å². The van der Waals surface area contributed by atoms with Crippen molar-refractivity contribution in [1.82, 2.24) is 14.9 Å². The Kier molecular flexibility index (Phi) is 8.50. The molecule has 23 heavy (non-hydrogen) atoms. The Balaban J connectivity index is 0.00000484. The highest BCUT2D eigenvalue weighted by atomic mass is 127. The quantitative estimate of drug-likeness (QED) is 0.415. The zero-order valence-corrected chi connectivity index (χ0v) is 17.7. The number of nitrogens with one attached hydrogen (secondary N) is 2. The molecule has 0 aliphatic carbocycles. The van der Waals surface area contributed by atoms with Crippen LogP contribution in [-0.4, -0.2) is 45.4 Å². The highest BCUT2D eigenvalue weighted by Gasteiger charge is 2.21. The Morgan fingerprint density at radius 1 is 1.22 bits per heavy atom. The van der Waals surface area contributed by atoms with E-state index in [1.54, 1.807) is 25.2 Å². The molecule has 1 aromatic rings. The second kappa shape index (κ2) is 8.84. The van der Waals surface area contributed by atoms with Gasteiger partial charge in [0.25, 0.3) is 0 Å². The molecule has 0 aromatic heterocycles. The molecule has 0 aliphatic rings. The van der Waals surface area contributed by atoms with Gasteiger partial charge in [-0.2, -0.15) is 0 Å². The molecule has 0 fully saturated rings. The molecule has 1 aromatic carbocycles. The number of nitrogens with zero attached hydrogens (tertiary/aromatic N) is 2. The molecule has 0 spiro atoms. The molecule has 0 unspecified atom stereocenters. The number of sulfonamides is 1. The standard InChI is InChI=1S/C15H26N4O2S.HI/c1-15(2,3)18-14(16-4)17-11-12-9-7-8-10-13(12)22(20,21)19(5)6;/h7-10H,11H2,1-6H3,(H2,16,17,18);1H. The number of benzene rings is 1. The van der Waals surface area contributed by atoms with E-state index in [0.29, 0.717) is 23.0 Å². The van der Waals surface area contributed by atoms with Crippen molar-refractivity contribution in [1.29, 1.82) is 0 Å². The Bertz CT molecular complexity index is 637. The van der Waals surface area contributed by atoms with E-state index < -0.39 is 10.0 Å². The minimum absolute atomic E-state index is 0. The van der Waals surface area contributed by atoms with E-state index in [-0.39, 0.29) is 29.5 Å². The molecular weight excluding hydrogens is 427 g/mol. The third-order valence-corrected chi connectivity index (χ3v) is 4.81. The first-order chi connectivity index (χ1) is 10.1. The third-order valence-electron chi connectivity index (χ3n) is 2.89. The maximum Gasteiger partial charge on any atom is 0.242 e. The normalized spacial score (nSPS) is 12.7. The van der Waals surface area contributed by atoms with Crippen molar-refractivity contribution in [3.8, 4) is 0 Å². The van der Waals surface area contributed by atoms with Gasteiger partial charge in [0.2, 0.25) is 10.0 Å². The van der Waals surface area contributed by atoms with Crippen molar-refractivity contribution in [2.24, 2.45) is 4.99 Å². The maximum absolute atomic E-state index is 12.3. The Labute approximate surface area is 156 Å². The van der Waals surface area contributed by atoms with Crippen LogP contribution >= 0.6 is 24.0 Å². The molecule has 0 heterocycles. The first-order valence-corrected chi connectivity index (χ1v) is 8.51. The summed E-state index contributed by atoms with van der Waals surface area (Å²) in [6.07, 6.45) is 0. The summed E-state index contributed by atoms with van der Waals surface area (Å²) in [4.78, 5) is 4.45. The first kappa shape index (κ1) is 22.1. The monoisotopic (exact) mass is 454 g/mol. The summed E-state index contributed by atoms with van der Waals surface area (Å²) in [5.41, 5.74) is 0.574. The van der Waals surface area contributed by atoms with E-state index in [2.05, 4.69) is 15.6 Å². The molecule has 0 bridgehead atoms. The van der Waals surface area contributed by atoms with Crippen LogP contribution in [0.4, 0.5) is 0 Å². The van der Waals surface area contributed by atoms with Crippen LogP contribution in [0.15, 0.2) is 34.2 Å². The van der Waals surface area contributed by atoms with Crippen molar-refractivity contribution in [2.75, 3.05) is 21.1 Å². The smallest absolute Gasteiger partial charge is 0.242 e. The van der Waals surface area contributed by atoms with Gasteiger partial charge in [-0.15, -0.1) is 24.0 Å². The van der Waals surface area contributed by atoms with Crippen molar-refractivity contribution in [3.05, 3.63) is 29.8 Å². The summed E-state index contributed by atoms with van der Waals surface area (Å²) in [7, 11) is 1.27. The summed E-state index contributed by atoms with van der Waals surface area (Å²) >= 11 is 0. The van der Waals surface area contributed by atoms with Gasteiger partial charge in [-0.25, -0.2) is 12.7 Å². The molecule has 8 heteroatoms. The van der Waals surface area contributed by atoms with E-state index in [1.165, 1.54) is 18.4 Å². The van der Waals surface area contributed by atoms with E-state index in [1.807, 2.05) is 26.8 Å². The Morgan fingerprint density at radius 3 is 2.26 bits per heavy atom. The van der Waals surface area contributed by atoms with Gasteiger partial charge in [0, 0.05) is 33.2 Å². The van der Waals surface area contributed by atoms with Crippen LogP contribution < -0.4 is 10.6 Å². The summed E-state index contributed by atoms with van der Waals surface area (Å²) in [6.45, 7) is 6.47. The Hall–Kier alpha value is -0.870. The molecule has 132 valence electrons. The molecule has 6 nitrogen and oxygen atoms in total. The van der Waals surface area contributed by atoms with E-state index in [4.69, 9.17) is 0 Å². The minimum Gasteiger partial charge on any atom is -0.352 e. The van der Waals surface area contributed by atoms with Gasteiger partial charge in [-0.1, -0.05) is 18.2 Å². The van der Waals surface area contributed by atoms with Gasteiger partial charge in [0.05, 0.1) is 4.90 Å². The van der Waals surface area contributed by atoms with Crippen molar-refractivity contribution in [2.45, 2.75) is 37.8 Å². The average Bonchev–Trinajstić information content (AvgIpc) is 2.42. The predicted molar refractivity (Wildman–Crippen MR) is 106 cm³/mol. The van der Waals surface area contributed by atoms with Gasteiger partial charge in [-0.3, -0.25) is 4.99 Å². The van der Waals surface area contributed by atoms with Crippen molar-refractivity contribution >= 4 is 40.0 Å². The van der Waals surface area contributed by atoms with Crippen LogP contribution in [0.1, 0.15) is 26.3 Å². The lowest BCUT2D eigenvalue weighted by atomic mass is 10.1. The fraction of sp³-hybridized carbons (Fsp3) is 0.533. The van der Waals surface area contributed by atoms with Crippen LogP contribution in [0, 0.1) is 0 Å². The zero-order valence-electron chi connectivity index (χ0n) is 14.5. The lowest BCUT2D eigenvalue weighted by Crippen LogP contribution is -2.47. The summed E-state index contributed by atoms with van der Waals surface area (Å²) in [5, 5.41) is 6.39. The second-order valence-electron chi connectivity index (χ2n) is 6.20. The molecule has 1 rings (SSSR count). The fourth-order valence-electron chi connectivity index (χ4n) is 1.81. The van der Waals surface area contributed by atoms with Crippen LogP contribution in [0.5, 0.6) is 0 Å². The highest BCUT2D eigenvalue weighted by molar-refractivity contribution is 14.0. The van der Waals surface area contributed by atoms with Gasteiger partial charge < -0.3 is 10.6 Å². The predicted octanol–water partition coefficient (Wildman–Crippen LogP) is 2.02. The maximum atomic E-state index is 12.3. The van der Waals surface area contributed by atoms with Gasteiger partial charge in [0.15, 0.2) is 5.96 Å². The van der Waals surface area contributed by atoms with E-state index in [9.17, 15) is 8.42 Å². The second-order valence-corrected chi connectivity index (χ2v) is 8.32. The number of aliphatic imine (C=N–C) groups is 1. The topological polar surface area (TPSA) is 73.8 Å². The van der Waals surface area contributed by atoms with E-state index in [0.717, 1.165) is 0 Å². The first-order valence-electron chi connectivity index (χ1n) is 7.07. The average molecular weight is 454 g/mol.